The predicted molar refractivity (Wildman–Crippen MR) is 91.0 cm³/mol. The molecule has 1 aromatic carbocycles. The highest BCUT2D eigenvalue weighted by atomic mass is 16.2. The van der Waals surface area contributed by atoms with Gasteiger partial charge in [0.05, 0.1) is 5.52 Å². The van der Waals surface area contributed by atoms with Crippen LogP contribution in [0.25, 0.3) is 10.9 Å². The summed E-state index contributed by atoms with van der Waals surface area (Å²) in [5.74, 6) is 0.686. The van der Waals surface area contributed by atoms with Crippen molar-refractivity contribution >= 4 is 22.8 Å². The molecule has 0 radical (unpaired) electrons. The van der Waals surface area contributed by atoms with Gasteiger partial charge in [-0.1, -0.05) is 11.6 Å². The number of aromatic nitrogens is 4. The van der Waals surface area contributed by atoms with E-state index in [2.05, 4.69) is 25.1 Å². The maximum absolute atomic E-state index is 12.8. The Bertz CT molecular complexity index is 867. The van der Waals surface area contributed by atoms with Gasteiger partial charge in [-0.2, -0.15) is 5.10 Å². The summed E-state index contributed by atoms with van der Waals surface area (Å²) in [6, 6.07) is 7.76. The van der Waals surface area contributed by atoms with Crippen LogP contribution in [0.15, 0.2) is 36.7 Å². The quantitative estimate of drug-likeness (QED) is 0.776. The molecule has 0 atom stereocenters. The number of carbonyl (C=O) groups excluding carboxylic acids is 1. The first kappa shape index (κ1) is 14.6. The van der Waals surface area contributed by atoms with Gasteiger partial charge in [0.25, 0.3) is 5.91 Å². The van der Waals surface area contributed by atoms with E-state index in [1.54, 1.807) is 18.5 Å². The van der Waals surface area contributed by atoms with Crippen LogP contribution in [0.1, 0.15) is 16.1 Å². The van der Waals surface area contributed by atoms with Gasteiger partial charge in [0, 0.05) is 44.0 Å². The van der Waals surface area contributed by atoms with Crippen molar-refractivity contribution in [3.63, 3.8) is 0 Å². The number of nitrogens with one attached hydrogen (secondary N) is 1. The molecule has 4 rings (SSSR count). The fraction of sp³-hybridized carbons (Fsp3) is 0.294. The minimum atomic E-state index is -0.0273. The highest BCUT2D eigenvalue weighted by molar-refractivity contribution is 6.04. The minimum Gasteiger partial charge on any atom is -0.337 e. The topological polar surface area (TPSA) is 78.0 Å². The molecule has 2 aromatic heterocycles. The fourth-order valence-electron chi connectivity index (χ4n) is 3.00. The van der Waals surface area contributed by atoms with Crippen molar-refractivity contribution in [1.82, 2.24) is 25.1 Å². The van der Waals surface area contributed by atoms with Crippen molar-refractivity contribution in [2.24, 2.45) is 0 Å². The van der Waals surface area contributed by atoms with Crippen molar-refractivity contribution in [3.8, 4) is 0 Å². The van der Waals surface area contributed by atoms with Crippen molar-refractivity contribution in [3.05, 3.63) is 47.9 Å². The zero-order chi connectivity index (χ0) is 16.5. The fourth-order valence-corrected chi connectivity index (χ4v) is 3.00. The molecule has 3 aromatic rings. The van der Waals surface area contributed by atoms with Crippen LogP contribution in [0, 0.1) is 6.92 Å². The number of aryl methyl sites for hydroxylation is 1. The first-order valence-electron chi connectivity index (χ1n) is 7.98. The first-order valence-corrected chi connectivity index (χ1v) is 7.98. The van der Waals surface area contributed by atoms with Gasteiger partial charge in [-0.15, -0.1) is 0 Å². The summed E-state index contributed by atoms with van der Waals surface area (Å²) in [5.41, 5.74) is 2.50. The number of hydrogen-bond donors (Lipinski definition) is 1. The largest absolute Gasteiger partial charge is 0.337 e. The molecule has 24 heavy (non-hydrogen) atoms. The minimum absolute atomic E-state index is 0.0273. The van der Waals surface area contributed by atoms with E-state index in [1.807, 2.05) is 30.0 Å². The van der Waals surface area contributed by atoms with Crippen molar-refractivity contribution < 1.29 is 4.79 Å². The lowest BCUT2D eigenvalue weighted by atomic mass is 10.1. The maximum atomic E-state index is 12.8. The third-order valence-electron chi connectivity index (χ3n) is 4.32. The van der Waals surface area contributed by atoms with Crippen molar-refractivity contribution in [1.29, 1.82) is 0 Å². The summed E-state index contributed by atoms with van der Waals surface area (Å²) < 4.78 is 0. The van der Waals surface area contributed by atoms with Gasteiger partial charge in [-0.3, -0.25) is 9.89 Å². The Kier molecular flexibility index (Phi) is 3.60. The summed E-state index contributed by atoms with van der Waals surface area (Å²) in [6.07, 6.45) is 3.47. The average Bonchev–Trinajstić information content (AvgIpc) is 3.05. The van der Waals surface area contributed by atoms with E-state index < -0.39 is 0 Å². The molecule has 0 saturated carbocycles. The molecule has 1 aliphatic rings. The predicted octanol–water partition coefficient (Wildman–Crippen LogP) is 1.62. The Balaban J connectivity index is 1.51. The Labute approximate surface area is 139 Å². The number of nitrogens with zero attached hydrogens (tertiary/aromatic N) is 5. The summed E-state index contributed by atoms with van der Waals surface area (Å²) in [6.45, 7) is 4.72. The third-order valence-corrected chi connectivity index (χ3v) is 4.32. The number of anilines is 1. The number of fused-ring (bicyclic) bond motifs is 1. The van der Waals surface area contributed by atoms with Crippen LogP contribution >= 0.6 is 0 Å². The van der Waals surface area contributed by atoms with Crippen LogP contribution in [0.4, 0.5) is 5.95 Å². The number of amides is 1. The Morgan fingerprint density at radius 1 is 1.12 bits per heavy atom. The molecule has 0 aliphatic carbocycles. The average molecular weight is 322 g/mol. The zero-order valence-corrected chi connectivity index (χ0v) is 13.4. The monoisotopic (exact) mass is 322 g/mol. The molecule has 7 nitrogen and oxygen atoms in total. The van der Waals surface area contributed by atoms with Crippen LogP contribution in [0.3, 0.4) is 0 Å². The molecule has 1 fully saturated rings. The number of carbonyl (C=O) groups is 1. The Hall–Kier alpha value is -2.96. The van der Waals surface area contributed by atoms with E-state index in [1.165, 1.54) is 0 Å². The van der Waals surface area contributed by atoms with E-state index >= 15 is 0 Å². The molecule has 1 saturated heterocycles. The van der Waals surface area contributed by atoms with E-state index in [0.717, 1.165) is 29.6 Å². The van der Waals surface area contributed by atoms with Gasteiger partial charge in [-0.25, -0.2) is 9.97 Å². The lowest BCUT2D eigenvalue weighted by molar-refractivity contribution is 0.0742. The second-order valence-electron chi connectivity index (χ2n) is 5.95. The van der Waals surface area contributed by atoms with Gasteiger partial charge in [-0.05, 0) is 25.1 Å². The highest BCUT2D eigenvalue weighted by Gasteiger charge is 2.26. The molecule has 1 aliphatic heterocycles. The van der Waals surface area contributed by atoms with E-state index in [-0.39, 0.29) is 5.91 Å². The first-order chi connectivity index (χ1) is 11.7. The van der Waals surface area contributed by atoms with Gasteiger partial charge in [0.1, 0.15) is 0 Å². The third kappa shape index (κ3) is 2.58. The van der Waals surface area contributed by atoms with Crippen molar-refractivity contribution in [2.75, 3.05) is 31.1 Å². The van der Waals surface area contributed by atoms with Crippen LogP contribution < -0.4 is 4.90 Å². The number of rotatable bonds is 2. The molecule has 7 heteroatoms. The summed E-state index contributed by atoms with van der Waals surface area (Å²) >= 11 is 0. The second kappa shape index (κ2) is 5.92. The van der Waals surface area contributed by atoms with Gasteiger partial charge < -0.3 is 9.80 Å². The molecule has 122 valence electrons. The smallest absolute Gasteiger partial charge is 0.275 e. The molecule has 3 heterocycles. The Morgan fingerprint density at radius 3 is 2.62 bits per heavy atom. The number of piperazine rings is 1. The molecule has 0 bridgehead atoms. The zero-order valence-electron chi connectivity index (χ0n) is 13.4. The van der Waals surface area contributed by atoms with Crippen LogP contribution in [-0.2, 0) is 0 Å². The van der Waals surface area contributed by atoms with Crippen LogP contribution in [0.2, 0.25) is 0 Å². The second-order valence-corrected chi connectivity index (χ2v) is 5.95. The Morgan fingerprint density at radius 2 is 1.88 bits per heavy atom. The number of aromatic amines is 1. The number of H-pyrrole nitrogens is 1. The van der Waals surface area contributed by atoms with Crippen LogP contribution in [-0.4, -0.2) is 57.2 Å². The summed E-state index contributed by atoms with van der Waals surface area (Å²) in [5, 5.41) is 8.06. The van der Waals surface area contributed by atoms with E-state index in [0.29, 0.717) is 24.7 Å². The van der Waals surface area contributed by atoms with E-state index in [9.17, 15) is 4.79 Å². The number of benzene rings is 1. The molecular formula is C17H18N6O. The van der Waals surface area contributed by atoms with Crippen molar-refractivity contribution in [2.45, 2.75) is 6.92 Å². The molecule has 1 N–H and O–H groups in total. The standard InChI is InChI=1S/C17H18N6O/c1-12-3-4-14-13(11-12)15(21-20-14)16(24)22-7-9-23(10-8-22)17-18-5-2-6-19-17/h2-6,11H,7-10H2,1H3,(H,20,21). The highest BCUT2D eigenvalue weighted by Crippen LogP contribution is 2.20. The normalized spacial score (nSPS) is 15.0. The molecular weight excluding hydrogens is 304 g/mol. The summed E-state index contributed by atoms with van der Waals surface area (Å²) in [7, 11) is 0. The van der Waals surface area contributed by atoms with Gasteiger partial charge in [0.15, 0.2) is 5.69 Å². The van der Waals surface area contributed by atoms with Crippen LogP contribution in [0.5, 0.6) is 0 Å². The molecule has 0 unspecified atom stereocenters. The molecule has 1 amide bonds. The van der Waals surface area contributed by atoms with E-state index in [4.69, 9.17) is 0 Å². The molecule has 0 spiro atoms. The lowest BCUT2D eigenvalue weighted by Crippen LogP contribution is -2.49. The summed E-state index contributed by atoms with van der Waals surface area (Å²) in [4.78, 5) is 25.3. The lowest BCUT2D eigenvalue weighted by Gasteiger charge is -2.34. The van der Waals surface area contributed by atoms with Gasteiger partial charge in [0.2, 0.25) is 5.95 Å². The maximum Gasteiger partial charge on any atom is 0.275 e. The SMILES string of the molecule is Cc1ccc2[nH]nc(C(=O)N3CCN(c4ncccn4)CC3)c2c1. The number of hydrogen-bond acceptors (Lipinski definition) is 5. The van der Waals surface area contributed by atoms with Gasteiger partial charge >= 0.3 is 0 Å².